The molecule has 1 N–H and O–H groups in total. The maximum absolute atomic E-state index is 9.01. The molecule has 0 amide bonds. The zero-order chi connectivity index (χ0) is 13.8. The van der Waals surface area contributed by atoms with Crippen LogP contribution >= 0.6 is 0 Å². The van der Waals surface area contributed by atoms with Crippen molar-refractivity contribution in [3.63, 3.8) is 0 Å². The SMILES string of the molecule is OC[C@H]1C[C@H](OC2=CCN(Cc3ccccc3)CC2)C1. The lowest BCUT2D eigenvalue weighted by atomic mass is 9.83. The summed E-state index contributed by atoms with van der Waals surface area (Å²) in [5.74, 6) is 1.62. The quantitative estimate of drug-likeness (QED) is 0.895. The Hall–Kier alpha value is -1.32. The lowest BCUT2D eigenvalue weighted by Crippen LogP contribution is -2.35. The monoisotopic (exact) mass is 273 g/mol. The molecule has 1 aromatic carbocycles. The maximum atomic E-state index is 9.01. The standard InChI is InChI=1S/C17H23NO2/c19-13-15-10-17(11-15)20-16-6-8-18(9-7-16)12-14-4-2-1-3-5-14/h1-6,15,17,19H,7-13H2/t15-,17-. The van der Waals surface area contributed by atoms with Gasteiger partial charge in [0.1, 0.15) is 0 Å². The van der Waals surface area contributed by atoms with E-state index in [-0.39, 0.29) is 0 Å². The second-order valence-electron chi connectivity index (χ2n) is 5.90. The van der Waals surface area contributed by atoms with E-state index >= 15 is 0 Å². The summed E-state index contributed by atoms with van der Waals surface area (Å²) in [5.41, 5.74) is 1.37. The Morgan fingerprint density at radius 1 is 1.20 bits per heavy atom. The summed E-state index contributed by atoms with van der Waals surface area (Å²) in [7, 11) is 0. The molecule has 1 aromatic rings. The highest BCUT2D eigenvalue weighted by molar-refractivity contribution is 5.15. The van der Waals surface area contributed by atoms with Crippen molar-refractivity contribution in [3.05, 3.63) is 47.7 Å². The molecule has 3 rings (SSSR count). The molecule has 0 saturated heterocycles. The molecule has 20 heavy (non-hydrogen) atoms. The van der Waals surface area contributed by atoms with Gasteiger partial charge in [-0.3, -0.25) is 4.90 Å². The molecule has 3 nitrogen and oxygen atoms in total. The highest BCUT2D eigenvalue weighted by Crippen LogP contribution is 2.32. The van der Waals surface area contributed by atoms with Crippen LogP contribution in [0.5, 0.6) is 0 Å². The van der Waals surface area contributed by atoms with Crippen LogP contribution in [-0.4, -0.2) is 35.8 Å². The van der Waals surface area contributed by atoms with Gasteiger partial charge in [-0.1, -0.05) is 30.3 Å². The number of hydrogen-bond acceptors (Lipinski definition) is 3. The van der Waals surface area contributed by atoms with Gasteiger partial charge in [0.15, 0.2) is 0 Å². The van der Waals surface area contributed by atoms with Crippen LogP contribution in [0.4, 0.5) is 0 Å². The molecule has 1 aliphatic carbocycles. The van der Waals surface area contributed by atoms with E-state index in [1.165, 1.54) is 5.56 Å². The Morgan fingerprint density at radius 2 is 2.00 bits per heavy atom. The molecule has 0 bridgehead atoms. The van der Waals surface area contributed by atoms with Gasteiger partial charge in [-0.25, -0.2) is 0 Å². The van der Waals surface area contributed by atoms with Crippen molar-refractivity contribution in [2.45, 2.75) is 31.9 Å². The van der Waals surface area contributed by atoms with Gasteiger partial charge >= 0.3 is 0 Å². The molecule has 0 aromatic heterocycles. The zero-order valence-electron chi connectivity index (χ0n) is 11.9. The van der Waals surface area contributed by atoms with Gasteiger partial charge in [0.05, 0.1) is 11.9 Å². The van der Waals surface area contributed by atoms with Gasteiger partial charge < -0.3 is 9.84 Å². The molecule has 1 saturated carbocycles. The van der Waals surface area contributed by atoms with E-state index in [0.29, 0.717) is 18.6 Å². The number of aliphatic hydroxyl groups is 1. The largest absolute Gasteiger partial charge is 0.495 e. The van der Waals surface area contributed by atoms with E-state index < -0.39 is 0 Å². The normalized spacial score (nSPS) is 26.8. The topological polar surface area (TPSA) is 32.7 Å². The summed E-state index contributed by atoms with van der Waals surface area (Å²) in [6, 6.07) is 10.6. The van der Waals surface area contributed by atoms with Crippen LogP contribution < -0.4 is 0 Å². The van der Waals surface area contributed by atoms with Crippen molar-refractivity contribution in [2.24, 2.45) is 5.92 Å². The molecule has 0 radical (unpaired) electrons. The zero-order valence-corrected chi connectivity index (χ0v) is 11.9. The Kier molecular flexibility index (Phi) is 4.38. The first kappa shape index (κ1) is 13.7. The molecular weight excluding hydrogens is 250 g/mol. The molecular formula is C17H23NO2. The predicted molar refractivity (Wildman–Crippen MR) is 79.1 cm³/mol. The van der Waals surface area contributed by atoms with Crippen molar-refractivity contribution < 1.29 is 9.84 Å². The number of nitrogens with zero attached hydrogens (tertiary/aromatic N) is 1. The van der Waals surface area contributed by atoms with Crippen LogP contribution in [0.3, 0.4) is 0 Å². The Bertz CT molecular complexity index is 451. The number of rotatable bonds is 5. The summed E-state index contributed by atoms with van der Waals surface area (Å²) in [5, 5.41) is 9.01. The van der Waals surface area contributed by atoms with Gasteiger partial charge in [-0.05, 0) is 30.4 Å². The van der Waals surface area contributed by atoms with Gasteiger partial charge in [0.2, 0.25) is 0 Å². The first-order valence-electron chi connectivity index (χ1n) is 7.56. The van der Waals surface area contributed by atoms with E-state index in [4.69, 9.17) is 9.84 Å². The maximum Gasteiger partial charge on any atom is 0.0989 e. The minimum atomic E-state index is 0.309. The Labute approximate surface area is 120 Å². The van der Waals surface area contributed by atoms with E-state index in [0.717, 1.165) is 44.7 Å². The minimum absolute atomic E-state index is 0.309. The van der Waals surface area contributed by atoms with Gasteiger partial charge in [0.25, 0.3) is 0 Å². The van der Waals surface area contributed by atoms with Crippen LogP contribution in [0.1, 0.15) is 24.8 Å². The fraction of sp³-hybridized carbons (Fsp3) is 0.529. The number of aliphatic hydroxyl groups excluding tert-OH is 1. The highest BCUT2D eigenvalue weighted by Gasteiger charge is 2.30. The van der Waals surface area contributed by atoms with Gasteiger partial charge in [-0.2, -0.15) is 0 Å². The second-order valence-corrected chi connectivity index (χ2v) is 5.90. The highest BCUT2D eigenvalue weighted by atomic mass is 16.5. The van der Waals surface area contributed by atoms with E-state index in [1.54, 1.807) is 0 Å². The van der Waals surface area contributed by atoms with Gasteiger partial charge in [-0.15, -0.1) is 0 Å². The van der Waals surface area contributed by atoms with Crippen molar-refractivity contribution in [1.29, 1.82) is 0 Å². The Balaban J connectivity index is 1.44. The summed E-state index contributed by atoms with van der Waals surface area (Å²) in [6.45, 7) is 3.36. The smallest absolute Gasteiger partial charge is 0.0989 e. The molecule has 0 unspecified atom stereocenters. The summed E-state index contributed by atoms with van der Waals surface area (Å²) in [6.07, 6.45) is 5.61. The molecule has 1 heterocycles. The summed E-state index contributed by atoms with van der Waals surface area (Å²) < 4.78 is 5.98. The van der Waals surface area contributed by atoms with Crippen molar-refractivity contribution in [1.82, 2.24) is 4.90 Å². The average molecular weight is 273 g/mol. The molecule has 108 valence electrons. The molecule has 0 spiro atoms. The number of hydrogen-bond donors (Lipinski definition) is 1. The fourth-order valence-electron chi connectivity index (χ4n) is 2.92. The van der Waals surface area contributed by atoms with Crippen molar-refractivity contribution in [2.75, 3.05) is 19.7 Å². The fourth-order valence-corrected chi connectivity index (χ4v) is 2.92. The lowest BCUT2D eigenvalue weighted by Gasteiger charge is -2.36. The molecule has 1 fully saturated rings. The summed E-state index contributed by atoms with van der Waals surface area (Å²) >= 11 is 0. The third-order valence-electron chi connectivity index (χ3n) is 4.27. The van der Waals surface area contributed by atoms with Crippen LogP contribution in [0, 0.1) is 5.92 Å². The third kappa shape index (κ3) is 3.41. The van der Waals surface area contributed by atoms with Crippen LogP contribution in [0.25, 0.3) is 0 Å². The minimum Gasteiger partial charge on any atom is -0.495 e. The van der Waals surface area contributed by atoms with Gasteiger partial charge in [0, 0.05) is 32.7 Å². The number of benzene rings is 1. The molecule has 3 heteroatoms. The number of ether oxygens (including phenoxy) is 1. The molecule has 1 aliphatic heterocycles. The predicted octanol–water partition coefficient (Wildman–Crippen LogP) is 2.56. The third-order valence-corrected chi connectivity index (χ3v) is 4.27. The van der Waals surface area contributed by atoms with Crippen LogP contribution in [0.15, 0.2) is 42.2 Å². The van der Waals surface area contributed by atoms with Crippen molar-refractivity contribution >= 4 is 0 Å². The van der Waals surface area contributed by atoms with E-state index in [2.05, 4.69) is 41.3 Å². The first-order chi connectivity index (χ1) is 9.83. The van der Waals surface area contributed by atoms with Crippen LogP contribution in [0.2, 0.25) is 0 Å². The molecule has 0 atom stereocenters. The van der Waals surface area contributed by atoms with Crippen LogP contribution in [-0.2, 0) is 11.3 Å². The second kappa shape index (κ2) is 6.42. The first-order valence-corrected chi connectivity index (χ1v) is 7.56. The summed E-state index contributed by atoms with van der Waals surface area (Å²) in [4.78, 5) is 2.44. The average Bonchev–Trinajstić information content (AvgIpc) is 2.45. The van der Waals surface area contributed by atoms with E-state index in [1.807, 2.05) is 0 Å². The lowest BCUT2D eigenvalue weighted by molar-refractivity contribution is -0.0164. The van der Waals surface area contributed by atoms with E-state index in [9.17, 15) is 0 Å². The van der Waals surface area contributed by atoms with Crippen molar-refractivity contribution in [3.8, 4) is 0 Å². The Morgan fingerprint density at radius 3 is 2.65 bits per heavy atom. The molecule has 2 aliphatic rings.